The van der Waals surface area contributed by atoms with Gasteiger partial charge in [-0.3, -0.25) is 5.32 Å². The zero-order valence-electron chi connectivity index (χ0n) is 14.7. The zero-order valence-corrected chi connectivity index (χ0v) is 14.7. The largest absolute Gasteiger partial charge is 0.340 e. The minimum absolute atomic E-state index is 0.323. The quantitative estimate of drug-likeness (QED) is 0.512. The third-order valence-corrected chi connectivity index (χ3v) is 4.01. The summed E-state index contributed by atoms with van der Waals surface area (Å²) in [6.07, 6.45) is 1.51. The molecule has 2 amide bonds. The Labute approximate surface area is 155 Å². The van der Waals surface area contributed by atoms with Crippen molar-refractivity contribution in [2.75, 3.05) is 17.2 Å². The number of fused-ring (bicyclic) bond motifs is 2. The van der Waals surface area contributed by atoms with Gasteiger partial charge in [-0.25, -0.2) is 19.7 Å². The number of anilines is 3. The number of nitrogens with zero attached hydrogens (tertiary/aromatic N) is 3. The van der Waals surface area contributed by atoms with E-state index in [9.17, 15) is 4.79 Å². The molecule has 27 heavy (non-hydrogen) atoms. The van der Waals surface area contributed by atoms with Crippen LogP contribution < -0.4 is 16.0 Å². The van der Waals surface area contributed by atoms with Crippen LogP contribution in [0.5, 0.6) is 0 Å². The number of carbonyl (C=O) groups is 1. The summed E-state index contributed by atoms with van der Waals surface area (Å²) < 4.78 is 0. The molecule has 7 heteroatoms. The Kier molecular flexibility index (Phi) is 4.49. The molecular weight excluding hydrogens is 340 g/mol. The van der Waals surface area contributed by atoms with Gasteiger partial charge in [-0.1, -0.05) is 30.3 Å². The lowest BCUT2D eigenvalue weighted by Crippen LogP contribution is -2.28. The van der Waals surface area contributed by atoms with Crippen molar-refractivity contribution in [3.63, 3.8) is 0 Å². The van der Waals surface area contributed by atoms with Crippen LogP contribution in [0.4, 0.5) is 22.1 Å². The molecule has 2 aromatic heterocycles. The molecule has 0 saturated heterocycles. The maximum absolute atomic E-state index is 11.6. The van der Waals surface area contributed by atoms with Crippen molar-refractivity contribution in [2.24, 2.45) is 0 Å². The second-order valence-corrected chi connectivity index (χ2v) is 5.97. The Morgan fingerprint density at radius 2 is 1.78 bits per heavy atom. The van der Waals surface area contributed by atoms with Crippen LogP contribution in [0.3, 0.4) is 0 Å². The fourth-order valence-electron chi connectivity index (χ4n) is 2.76. The molecule has 0 aliphatic heterocycles. The molecule has 0 atom stereocenters. The third kappa shape index (κ3) is 3.77. The lowest BCUT2D eigenvalue weighted by atomic mass is 10.1. The number of hydrogen-bond donors (Lipinski definition) is 3. The van der Waals surface area contributed by atoms with Gasteiger partial charge in [-0.05, 0) is 42.0 Å². The van der Waals surface area contributed by atoms with E-state index in [4.69, 9.17) is 0 Å². The summed E-state index contributed by atoms with van der Waals surface area (Å²) in [4.78, 5) is 24.8. The maximum atomic E-state index is 11.6. The van der Waals surface area contributed by atoms with Gasteiger partial charge >= 0.3 is 6.03 Å². The van der Waals surface area contributed by atoms with Crippen molar-refractivity contribution < 1.29 is 4.79 Å². The predicted molar refractivity (Wildman–Crippen MR) is 107 cm³/mol. The van der Waals surface area contributed by atoms with E-state index in [2.05, 4.69) is 55.2 Å². The molecule has 2 heterocycles. The number of urea groups is 1. The average Bonchev–Trinajstić information content (AvgIpc) is 2.68. The second-order valence-electron chi connectivity index (χ2n) is 5.97. The van der Waals surface area contributed by atoms with Crippen LogP contribution in [0.25, 0.3) is 21.9 Å². The topological polar surface area (TPSA) is 91.8 Å². The summed E-state index contributed by atoms with van der Waals surface area (Å²) in [5.41, 5.74) is 2.04. The van der Waals surface area contributed by atoms with E-state index in [1.165, 1.54) is 11.6 Å². The summed E-state index contributed by atoms with van der Waals surface area (Å²) in [5, 5.41) is 10.9. The first-order valence-corrected chi connectivity index (χ1v) is 8.66. The summed E-state index contributed by atoms with van der Waals surface area (Å²) in [5.74, 6) is 1.01. The first-order chi connectivity index (χ1) is 13.2. The van der Waals surface area contributed by atoms with Crippen molar-refractivity contribution in [1.29, 1.82) is 0 Å². The van der Waals surface area contributed by atoms with Crippen LogP contribution in [-0.4, -0.2) is 27.5 Å². The summed E-state index contributed by atoms with van der Waals surface area (Å²) in [6.45, 7) is 2.38. The van der Waals surface area contributed by atoms with Crippen molar-refractivity contribution in [2.45, 2.75) is 6.92 Å². The minimum Gasteiger partial charge on any atom is -0.340 e. The van der Waals surface area contributed by atoms with Gasteiger partial charge in [0.2, 0.25) is 0 Å². The zero-order chi connectivity index (χ0) is 18.6. The normalized spacial score (nSPS) is 10.7. The minimum atomic E-state index is -0.323. The Morgan fingerprint density at radius 1 is 0.963 bits per heavy atom. The summed E-state index contributed by atoms with van der Waals surface area (Å²) in [6, 6.07) is 17.7. The van der Waals surface area contributed by atoms with Crippen LogP contribution in [0, 0.1) is 0 Å². The Balaban J connectivity index is 1.60. The van der Waals surface area contributed by atoms with Crippen LogP contribution >= 0.6 is 0 Å². The lowest BCUT2D eigenvalue weighted by Gasteiger charge is -2.09. The van der Waals surface area contributed by atoms with Crippen molar-refractivity contribution in [3.05, 3.63) is 60.8 Å². The van der Waals surface area contributed by atoms with Gasteiger partial charge in [0.15, 0.2) is 11.5 Å². The molecule has 0 spiro atoms. The number of carbonyl (C=O) groups excluding carboxylic acids is 1. The fourth-order valence-corrected chi connectivity index (χ4v) is 2.76. The van der Waals surface area contributed by atoms with Crippen molar-refractivity contribution in [1.82, 2.24) is 20.3 Å². The van der Waals surface area contributed by atoms with Gasteiger partial charge in [-0.2, -0.15) is 0 Å². The van der Waals surface area contributed by atoms with E-state index in [-0.39, 0.29) is 6.03 Å². The molecule has 0 fully saturated rings. The van der Waals surface area contributed by atoms with Crippen LogP contribution in [-0.2, 0) is 0 Å². The first kappa shape index (κ1) is 16.7. The van der Waals surface area contributed by atoms with E-state index in [1.807, 2.05) is 37.3 Å². The van der Waals surface area contributed by atoms with E-state index in [0.29, 0.717) is 29.3 Å². The van der Waals surface area contributed by atoms with Gasteiger partial charge in [-0.15, -0.1) is 0 Å². The van der Waals surface area contributed by atoms with E-state index in [0.717, 1.165) is 11.1 Å². The molecule has 0 aliphatic carbocycles. The number of rotatable bonds is 4. The van der Waals surface area contributed by atoms with Crippen LogP contribution in [0.2, 0.25) is 0 Å². The maximum Gasteiger partial charge on any atom is 0.320 e. The molecule has 4 rings (SSSR count). The van der Waals surface area contributed by atoms with E-state index >= 15 is 0 Å². The van der Waals surface area contributed by atoms with Crippen molar-refractivity contribution in [3.8, 4) is 0 Å². The molecule has 4 aromatic rings. The lowest BCUT2D eigenvalue weighted by molar-refractivity contribution is 0.252. The molecule has 3 N–H and O–H groups in total. The number of amides is 2. The molecule has 0 bridgehead atoms. The van der Waals surface area contributed by atoms with Gasteiger partial charge in [0, 0.05) is 12.2 Å². The molecule has 0 saturated carbocycles. The first-order valence-electron chi connectivity index (χ1n) is 8.66. The third-order valence-electron chi connectivity index (χ3n) is 4.01. The average molecular weight is 358 g/mol. The molecule has 2 aromatic carbocycles. The predicted octanol–water partition coefficient (Wildman–Crippen LogP) is 4.06. The number of aromatic nitrogens is 3. The highest BCUT2D eigenvalue weighted by Crippen LogP contribution is 2.22. The molecule has 7 nitrogen and oxygen atoms in total. The molecule has 0 aliphatic rings. The fraction of sp³-hybridized carbons (Fsp3) is 0.100. The van der Waals surface area contributed by atoms with E-state index in [1.54, 1.807) is 0 Å². The SMILES string of the molecule is CCNC(=O)Nc1cnc2ccc(Nc3ccc4ccccc4c3)nc2n1. The highest BCUT2D eigenvalue weighted by Gasteiger charge is 2.06. The van der Waals surface area contributed by atoms with Crippen molar-refractivity contribution >= 4 is 45.3 Å². The van der Waals surface area contributed by atoms with Gasteiger partial charge in [0.25, 0.3) is 0 Å². The molecule has 134 valence electrons. The Hall–Kier alpha value is -3.74. The van der Waals surface area contributed by atoms with Crippen LogP contribution in [0.15, 0.2) is 60.8 Å². The highest BCUT2D eigenvalue weighted by atomic mass is 16.2. The standard InChI is InChI=1S/C20H18N6O/c1-2-21-20(27)26-18-12-22-16-9-10-17(24-19(16)25-18)23-15-8-7-13-5-3-4-6-14(13)11-15/h3-12H,2H2,1H3,(H3,21,23,24,25,26,27). The number of nitrogens with one attached hydrogen (secondary N) is 3. The summed E-state index contributed by atoms with van der Waals surface area (Å²) >= 11 is 0. The van der Waals surface area contributed by atoms with Gasteiger partial charge in [0.05, 0.1) is 6.20 Å². The smallest absolute Gasteiger partial charge is 0.320 e. The highest BCUT2D eigenvalue weighted by molar-refractivity contribution is 5.89. The number of pyridine rings is 1. The molecule has 0 unspecified atom stereocenters. The second kappa shape index (κ2) is 7.25. The number of hydrogen-bond acceptors (Lipinski definition) is 5. The Bertz CT molecular complexity index is 1130. The van der Waals surface area contributed by atoms with Crippen LogP contribution in [0.1, 0.15) is 6.92 Å². The molecular formula is C20H18N6O. The van der Waals surface area contributed by atoms with E-state index < -0.39 is 0 Å². The van der Waals surface area contributed by atoms with Gasteiger partial charge < -0.3 is 10.6 Å². The molecule has 0 radical (unpaired) electrons. The van der Waals surface area contributed by atoms with Gasteiger partial charge in [0.1, 0.15) is 11.3 Å². The Morgan fingerprint density at radius 3 is 2.63 bits per heavy atom. The monoisotopic (exact) mass is 358 g/mol. The summed E-state index contributed by atoms with van der Waals surface area (Å²) in [7, 11) is 0. The number of benzene rings is 2.